The molecule has 3 rings (SSSR count). The van der Waals surface area contributed by atoms with Crippen LogP contribution in [-0.4, -0.2) is 28.5 Å². The number of hydrogen-bond donors (Lipinski definition) is 2. The molecule has 2 aromatic heterocycles. The van der Waals surface area contributed by atoms with Gasteiger partial charge in [0.25, 0.3) is 0 Å². The van der Waals surface area contributed by atoms with E-state index in [0.717, 1.165) is 16.4 Å². The van der Waals surface area contributed by atoms with Gasteiger partial charge in [0.1, 0.15) is 5.01 Å². The standard InChI is InChI=1S/C15H18N4OS.2ClH/c16-8-13(10-4-5-10)19-14(20)7-11-9-21-15(18-11)12-3-1-2-6-17-12;;/h1-3,6,9-10,13H,4-5,7-8,16H2,(H,19,20);2*1H. The van der Waals surface area contributed by atoms with E-state index in [4.69, 9.17) is 5.73 Å². The average Bonchev–Trinajstić information content (AvgIpc) is 3.25. The molecule has 0 spiro atoms. The fourth-order valence-electron chi connectivity index (χ4n) is 2.29. The number of carbonyl (C=O) groups is 1. The average molecular weight is 375 g/mol. The molecule has 1 saturated carbocycles. The summed E-state index contributed by atoms with van der Waals surface area (Å²) in [7, 11) is 0. The van der Waals surface area contributed by atoms with E-state index in [9.17, 15) is 4.79 Å². The van der Waals surface area contributed by atoms with Crippen LogP contribution in [0.4, 0.5) is 0 Å². The molecule has 23 heavy (non-hydrogen) atoms. The number of amides is 1. The number of nitrogens with two attached hydrogens (primary N) is 1. The summed E-state index contributed by atoms with van der Waals surface area (Å²) >= 11 is 1.51. The summed E-state index contributed by atoms with van der Waals surface area (Å²) < 4.78 is 0. The fourth-order valence-corrected chi connectivity index (χ4v) is 3.08. The van der Waals surface area contributed by atoms with Gasteiger partial charge in [-0.3, -0.25) is 9.78 Å². The van der Waals surface area contributed by atoms with Crippen LogP contribution in [0.25, 0.3) is 10.7 Å². The zero-order valence-electron chi connectivity index (χ0n) is 12.5. The van der Waals surface area contributed by atoms with Gasteiger partial charge in [0.2, 0.25) is 5.91 Å². The lowest BCUT2D eigenvalue weighted by molar-refractivity contribution is -0.121. The number of rotatable bonds is 6. The highest BCUT2D eigenvalue weighted by molar-refractivity contribution is 7.13. The number of hydrogen-bond acceptors (Lipinski definition) is 5. The molecule has 0 aliphatic heterocycles. The maximum Gasteiger partial charge on any atom is 0.226 e. The predicted octanol–water partition coefficient (Wildman–Crippen LogP) is 2.44. The van der Waals surface area contributed by atoms with E-state index >= 15 is 0 Å². The van der Waals surface area contributed by atoms with Crippen molar-refractivity contribution in [3.8, 4) is 10.7 Å². The molecule has 126 valence electrons. The highest BCUT2D eigenvalue weighted by Gasteiger charge is 2.31. The van der Waals surface area contributed by atoms with Crippen LogP contribution in [0.2, 0.25) is 0 Å². The molecule has 0 bridgehead atoms. The summed E-state index contributed by atoms with van der Waals surface area (Å²) in [6, 6.07) is 5.83. The van der Waals surface area contributed by atoms with Crippen LogP contribution in [0.3, 0.4) is 0 Å². The van der Waals surface area contributed by atoms with Crippen LogP contribution in [0.1, 0.15) is 18.5 Å². The summed E-state index contributed by atoms with van der Waals surface area (Å²) in [5.74, 6) is 0.564. The highest BCUT2D eigenvalue weighted by Crippen LogP contribution is 2.32. The zero-order valence-corrected chi connectivity index (χ0v) is 14.9. The van der Waals surface area contributed by atoms with Crippen molar-refractivity contribution in [2.45, 2.75) is 25.3 Å². The lowest BCUT2D eigenvalue weighted by Gasteiger charge is -2.15. The molecule has 0 aromatic carbocycles. The number of aromatic nitrogens is 2. The third kappa shape index (κ3) is 5.42. The molecule has 1 unspecified atom stereocenters. The van der Waals surface area contributed by atoms with Crippen molar-refractivity contribution in [2.75, 3.05) is 6.54 Å². The number of nitrogens with zero attached hydrogens (tertiary/aromatic N) is 2. The van der Waals surface area contributed by atoms with E-state index in [0.29, 0.717) is 18.9 Å². The van der Waals surface area contributed by atoms with E-state index in [1.54, 1.807) is 6.20 Å². The number of carbonyl (C=O) groups excluding carboxylic acids is 1. The Morgan fingerprint density at radius 1 is 1.39 bits per heavy atom. The minimum atomic E-state index is -0.00443. The van der Waals surface area contributed by atoms with Crippen LogP contribution in [0, 0.1) is 5.92 Å². The molecule has 1 aliphatic carbocycles. The van der Waals surface area contributed by atoms with Crippen molar-refractivity contribution in [3.63, 3.8) is 0 Å². The summed E-state index contributed by atoms with van der Waals surface area (Å²) in [4.78, 5) is 20.8. The monoisotopic (exact) mass is 374 g/mol. The first-order valence-corrected chi connectivity index (χ1v) is 7.99. The quantitative estimate of drug-likeness (QED) is 0.813. The molecule has 0 saturated heterocycles. The second-order valence-electron chi connectivity index (χ2n) is 5.28. The summed E-state index contributed by atoms with van der Waals surface area (Å²) in [5, 5.41) is 5.77. The minimum Gasteiger partial charge on any atom is -0.351 e. The molecule has 1 fully saturated rings. The van der Waals surface area contributed by atoms with E-state index in [1.165, 1.54) is 24.2 Å². The van der Waals surface area contributed by atoms with Crippen molar-refractivity contribution in [1.29, 1.82) is 0 Å². The lowest BCUT2D eigenvalue weighted by Crippen LogP contribution is -2.42. The lowest BCUT2D eigenvalue weighted by atomic mass is 10.2. The number of halogens is 2. The van der Waals surface area contributed by atoms with Crippen molar-refractivity contribution in [3.05, 3.63) is 35.5 Å². The van der Waals surface area contributed by atoms with Gasteiger partial charge in [0, 0.05) is 24.2 Å². The molecule has 2 heterocycles. The summed E-state index contributed by atoms with van der Waals surface area (Å²) in [5.41, 5.74) is 7.32. The first-order valence-electron chi connectivity index (χ1n) is 7.11. The largest absolute Gasteiger partial charge is 0.351 e. The Kier molecular flexibility index (Phi) is 7.91. The van der Waals surface area contributed by atoms with Gasteiger partial charge in [-0.25, -0.2) is 4.98 Å². The predicted molar refractivity (Wildman–Crippen MR) is 97.3 cm³/mol. The molecular formula is C15H20Cl2N4OS. The Hall–Kier alpha value is -1.21. The van der Waals surface area contributed by atoms with Gasteiger partial charge in [-0.05, 0) is 30.9 Å². The topological polar surface area (TPSA) is 80.9 Å². The van der Waals surface area contributed by atoms with E-state index in [1.807, 2.05) is 23.6 Å². The van der Waals surface area contributed by atoms with E-state index in [2.05, 4.69) is 15.3 Å². The normalized spacial score (nSPS) is 14.3. The first kappa shape index (κ1) is 19.8. The van der Waals surface area contributed by atoms with Crippen LogP contribution in [0.5, 0.6) is 0 Å². The Bertz CT molecular complexity index is 619. The molecular weight excluding hydrogens is 355 g/mol. The molecule has 1 atom stereocenters. The summed E-state index contributed by atoms with van der Waals surface area (Å²) in [6.07, 6.45) is 4.38. The molecule has 1 amide bonds. The molecule has 8 heteroatoms. The van der Waals surface area contributed by atoms with Gasteiger partial charge in [-0.15, -0.1) is 36.2 Å². The highest BCUT2D eigenvalue weighted by atomic mass is 35.5. The minimum absolute atomic E-state index is 0. The third-order valence-corrected chi connectivity index (χ3v) is 4.48. The molecule has 3 N–H and O–H groups in total. The maximum absolute atomic E-state index is 12.0. The second kappa shape index (κ2) is 9.17. The van der Waals surface area contributed by atoms with Gasteiger partial charge >= 0.3 is 0 Å². The van der Waals surface area contributed by atoms with Gasteiger partial charge in [-0.1, -0.05) is 6.07 Å². The SMILES string of the molecule is Cl.Cl.NCC(NC(=O)Cc1csc(-c2ccccn2)n1)C1CC1. The molecule has 5 nitrogen and oxygen atoms in total. The first-order chi connectivity index (χ1) is 10.3. The van der Waals surface area contributed by atoms with E-state index in [-0.39, 0.29) is 36.8 Å². The Balaban J connectivity index is 0.00000132. The number of pyridine rings is 1. The van der Waals surface area contributed by atoms with Crippen molar-refractivity contribution in [2.24, 2.45) is 11.7 Å². The Morgan fingerprint density at radius 2 is 2.17 bits per heavy atom. The van der Waals surface area contributed by atoms with Crippen molar-refractivity contribution in [1.82, 2.24) is 15.3 Å². The third-order valence-electron chi connectivity index (χ3n) is 3.57. The molecule has 1 aliphatic rings. The smallest absolute Gasteiger partial charge is 0.226 e. The Labute approximate surface area is 151 Å². The summed E-state index contributed by atoms with van der Waals surface area (Å²) in [6.45, 7) is 0.507. The number of thiazole rings is 1. The van der Waals surface area contributed by atoms with Crippen LogP contribution < -0.4 is 11.1 Å². The van der Waals surface area contributed by atoms with Gasteiger partial charge in [-0.2, -0.15) is 0 Å². The molecule has 2 aromatic rings. The van der Waals surface area contributed by atoms with E-state index < -0.39 is 0 Å². The maximum atomic E-state index is 12.0. The van der Waals surface area contributed by atoms with Crippen LogP contribution >= 0.6 is 36.2 Å². The molecule has 0 radical (unpaired) electrons. The van der Waals surface area contributed by atoms with Crippen LogP contribution in [0.15, 0.2) is 29.8 Å². The van der Waals surface area contributed by atoms with Crippen molar-refractivity contribution >= 4 is 42.1 Å². The zero-order chi connectivity index (χ0) is 14.7. The number of nitrogens with one attached hydrogen (secondary N) is 1. The van der Waals surface area contributed by atoms with Gasteiger partial charge in [0.05, 0.1) is 17.8 Å². The fraction of sp³-hybridized carbons (Fsp3) is 0.400. The van der Waals surface area contributed by atoms with Gasteiger partial charge < -0.3 is 11.1 Å². The van der Waals surface area contributed by atoms with Crippen molar-refractivity contribution < 1.29 is 4.79 Å². The second-order valence-corrected chi connectivity index (χ2v) is 6.14. The van der Waals surface area contributed by atoms with Crippen LogP contribution in [-0.2, 0) is 11.2 Å². The van der Waals surface area contributed by atoms with Gasteiger partial charge in [0.15, 0.2) is 0 Å². The Morgan fingerprint density at radius 3 is 2.78 bits per heavy atom.